The van der Waals surface area contributed by atoms with Gasteiger partial charge in [-0.2, -0.15) is 0 Å². The Hall–Kier alpha value is -0.890. The number of para-hydroxylation sites is 1. The fourth-order valence-electron chi connectivity index (χ4n) is 1.16. The van der Waals surface area contributed by atoms with Crippen molar-refractivity contribution in [1.82, 2.24) is 4.71 Å². The van der Waals surface area contributed by atoms with Gasteiger partial charge in [0, 0.05) is 16.1 Å². The molecule has 0 heterocycles. The lowest BCUT2D eigenvalue weighted by Gasteiger charge is -2.16. The van der Waals surface area contributed by atoms with Crippen molar-refractivity contribution < 1.29 is 4.48 Å². The van der Waals surface area contributed by atoms with E-state index in [9.17, 15) is 4.48 Å². The molecule has 0 aliphatic carbocycles. The Morgan fingerprint density at radius 2 is 1.73 bits per heavy atom. The summed E-state index contributed by atoms with van der Waals surface area (Å²) >= 11 is 0. The summed E-state index contributed by atoms with van der Waals surface area (Å²) in [6, 6.07) is 7.47. The molecule has 0 saturated heterocycles. The number of hydrogen-bond acceptors (Lipinski definition) is 0. The van der Waals surface area contributed by atoms with E-state index in [2.05, 4.69) is 0 Å². The molecule has 1 aromatic rings. The molecule has 0 saturated carbocycles. The summed E-state index contributed by atoms with van der Waals surface area (Å²) in [7, 11) is 3.03. The van der Waals surface area contributed by atoms with Crippen LogP contribution >= 0.6 is 0 Å². The smallest absolute Gasteiger partial charge is 0.103 e. The maximum atomic E-state index is 13.3. The zero-order valence-electron chi connectivity index (χ0n) is 7.13. The van der Waals surface area contributed by atoms with Gasteiger partial charge in [0.2, 0.25) is 0 Å². The molecular formula is C9H13FN+. The summed E-state index contributed by atoms with van der Waals surface area (Å²) in [5.74, 6) is 0. The van der Waals surface area contributed by atoms with Crippen molar-refractivity contribution in [2.24, 2.45) is 0 Å². The fraction of sp³-hybridized carbons (Fsp3) is 0.333. The maximum Gasteiger partial charge on any atom is 0.173 e. The van der Waals surface area contributed by atoms with Crippen LogP contribution in [0.25, 0.3) is 0 Å². The van der Waals surface area contributed by atoms with Crippen molar-refractivity contribution in [2.45, 2.75) is 6.92 Å². The molecule has 1 nitrogen and oxygen atoms in total. The fourth-order valence-corrected chi connectivity index (χ4v) is 1.16. The highest BCUT2D eigenvalue weighted by Gasteiger charge is 2.20. The first-order chi connectivity index (χ1) is 5.02. The molecule has 60 valence electrons. The molecule has 0 aliphatic heterocycles. The quantitative estimate of drug-likeness (QED) is 0.545. The number of halogens is 1. The van der Waals surface area contributed by atoms with Gasteiger partial charge in [-0.3, -0.25) is 0 Å². The average molecular weight is 154 g/mol. The van der Waals surface area contributed by atoms with Gasteiger partial charge in [-0.05, 0) is 6.92 Å². The van der Waals surface area contributed by atoms with Gasteiger partial charge in [-0.1, -0.05) is 18.2 Å². The lowest BCUT2D eigenvalue weighted by atomic mass is 10.2. The minimum Gasteiger partial charge on any atom is -0.103 e. The highest BCUT2D eigenvalue weighted by atomic mass is 19.2. The number of benzene rings is 1. The van der Waals surface area contributed by atoms with Crippen LogP contribution in [0.15, 0.2) is 24.3 Å². The first kappa shape index (κ1) is 8.21. The molecule has 0 radical (unpaired) electrons. The van der Waals surface area contributed by atoms with E-state index in [0.29, 0.717) is 5.69 Å². The number of nitrogens with zero attached hydrogens (tertiary/aromatic N) is 1. The van der Waals surface area contributed by atoms with Crippen LogP contribution in [0, 0.1) is 6.92 Å². The topological polar surface area (TPSA) is 0 Å². The Morgan fingerprint density at radius 3 is 2.09 bits per heavy atom. The monoisotopic (exact) mass is 154 g/mol. The first-order valence-electron chi connectivity index (χ1n) is 3.61. The zero-order valence-corrected chi connectivity index (χ0v) is 7.13. The summed E-state index contributed by atoms with van der Waals surface area (Å²) in [4.78, 5) is 0. The molecule has 0 N–H and O–H groups in total. The Bertz CT molecular complexity index is 250. The van der Waals surface area contributed by atoms with E-state index in [4.69, 9.17) is 0 Å². The molecule has 1 rings (SSSR count). The van der Waals surface area contributed by atoms with Gasteiger partial charge in [0.1, 0.15) is 14.1 Å². The van der Waals surface area contributed by atoms with Crippen LogP contribution in [0.4, 0.5) is 10.2 Å². The minimum absolute atomic E-state index is 0.604. The van der Waals surface area contributed by atoms with Crippen LogP contribution in [0.1, 0.15) is 5.56 Å². The zero-order chi connectivity index (χ0) is 8.48. The summed E-state index contributed by atoms with van der Waals surface area (Å²) in [5, 5.41) is 0. The third-order valence-corrected chi connectivity index (χ3v) is 1.69. The Kier molecular flexibility index (Phi) is 1.96. The van der Waals surface area contributed by atoms with E-state index in [1.807, 2.05) is 25.1 Å². The van der Waals surface area contributed by atoms with E-state index in [-0.39, 0.29) is 0 Å². The lowest BCUT2D eigenvalue weighted by Crippen LogP contribution is -2.29. The molecule has 0 spiro atoms. The number of aryl methyl sites for hydroxylation is 1. The van der Waals surface area contributed by atoms with Crippen LogP contribution < -0.4 is 4.71 Å². The van der Waals surface area contributed by atoms with E-state index >= 15 is 0 Å². The lowest BCUT2D eigenvalue weighted by molar-refractivity contribution is 0.102. The molecular weight excluding hydrogens is 141 g/mol. The predicted molar refractivity (Wildman–Crippen MR) is 45.9 cm³/mol. The van der Waals surface area contributed by atoms with E-state index in [1.165, 1.54) is 14.1 Å². The first-order valence-corrected chi connectivity index (χ1v) is 3.61. The minimum atomic E-state index is -0.604. The molecule has 0 unspecified atom stereocenters. The second-order valence-electron chi connectivity index (χ2n) is 3.10. The van der Waals surface area contributed by atoms with Crippen molar-refractivity contribution in [1.29, 1.82) is 0 Å². The van der Waals surface area contributed by atoms with Crippen LogP contribution in [0.2, 0.25) is 0 Å². The van der Waals surface area contributed by atoms with Crippen LogP contribution in [-0.4, -0.2) is 14.1 Å². The van der Waals surface area contributed by atoms with E-state index in [0.717, 1.165) is 5.56 Å². The Labute approximate surface area is 66.6 Å². The number of rotatable bonds is 1. The largest absolute Gasteiger partial charge is 0.173 e. The van der Waals surface area contributed by atoms with Gasteiger partial charge in [0.15, 0.2) is 5.69 Å². The average Bonchev–Trinajstić information content (AvgIpc) is 1.86. The third kappa shape index (κ3) is 1.77. The predicted octanol–water partition coefficient (Wildman–Crippen LogP) is 2.45. The highest BCUT2D eigenvalue weighted by Crippen LogP contribution is 2.23. The van der Waals surface area contributed by atoms with Crippen LogP contribution in [0.5, 0.6) is 0 Å². The Morgan fingerprint density at radius 1 is 1.18 bits per heavy atom. The molecule has 0 amide bonds. The second-order valence-corrected chi connectivity index (χ2v) is 3.10. The van der Waals surface area contributed by atoms with E-state index < -0.39 is 4.71 Å². The normalized spacial score (nSPS) is 11.6. The van der Waals surface area contributed by atoms with Gasteiger partial charge >= 0.3 is 0 Å². The summed E-state index contributed by atoms with van der Waals surface area (Å²) < 4.78 is 12.7. The van der Waals surface area contributed by atoms with Crippen molar-refractivity contribution in [3.05, 3.63) is 29.8 Å². The molecule has 0 atom stereocenters. The van der Waals surface area contributed by atoms with Crippen molar-refractivity contribution in [3.8, 4) is 0 Å². The van der Waals surface area contributed by atoms with Crippen LogP contribution in [0.3, 0.4) is 0 Å². The van der Waals surface area contributed by atoms with Gasteiger partial charge in [0.05, 0.1) is 0 Å². The van der Waals surface area contributed by atoms with E-state index in [1.54, 1.807) is 6.07 Å². The van der Waals surface area contributed by atoms with Crippen LogP contribution in [-0.2, 0) is 0 Å². The highest BCUT2D eigenvalue weighted by molar-refractivity contribution is 5.47. The third-order valence-electron chi connectivity index (χ3n) is 1.69. The van der Waals surface area contributed by atoms with Gasteiger partial charge in [0.25, 0.3) is 0 Å². The Balaban J connectivity index is 3.14. The van der Waals surface area contributed by atoms with Gasteiger partial charge in [-0.25, -0.2) is 0 Å². The van der Waals surface area contributed by atoms with Gasteiger partial charge < -0.3 is 0 Å². The molecule has 0 bridgehead atoms. The molecule has 11 heavy (non-hydrogen) atoms. The standard InChI is InChI=1S/C9H13FN/c1-8-6-4-5-7-9(8)11(2,3)10/h4-7H,1-3H3/q+1. The number of quaternary nitrogens is 1. The maximum absolute atomic E-state index is 13.3. The number of hydrogen-bond donors (Lipinski definition) is 0. The molecule has 0 fully saturated rings. The second kappa shape index (κ2) is 2.62. The molecule has 0 aliphatic rings. The van der Waals surface area contributed by atoms with Gasteiger partial charge in [-0.15, -0.1) is 4.71 Å². The summed E-state index contributed by atoms with van der Waals surface area (Å²) in [6.45, 7) is 1.91. The molecule has 0 aromatic heterocycles. The molecule has 2 heteroatoms. The summed E-state index contributed by atoms with van der Waals surface area (Å²) in [6.07, 6.45) is 0. The van der Waals surface area contributed by atoms with Crippen molar-refractivity contribution in [3.63, 3.8) is 0 Å². The van der Waals surface area contributed by atoms with Crippen molar-refractivity contribution >= 4 is 5.69 Å². The molecule has 1 aromatic carbocycles. The summed E-state index contributed by atoms with van der Waals surface area (Å²) in [5.41, 5.74) is 1.70. The SMILES string of the molecule is Cc1ccccc1[N+](C)(C)F. The van der Waals surface area contributed by atoms with Crippen molar-refractivity contribution in [2.75, 3.05) is 14.1 Å².